The number of rotatable bonds is 1. The van der Waals surface area contributed by atoms with Crippen LogP contribution in [0.2, 0.25) is 0 Å². The lowest BCUT2D eigenvalue weighted by molar-refractivity contribution is -0.169. The number of alkyl halides is 6. The molecule has 1 rings (SSSR count). The van der Waals surface area contributed by atoms with Crippen LogP contribution in [0.1, 0.15) is 0 Å². The van der Waals surface area contributed by atoms with Crippen LogP contribution in [0.15, 0.2) is 28.1 Å². The standard InChI is InChI=1S/C9H5F6NO4S/c10-8(11,12)5-2-1-4(21(18,19)20)3-6(5)16-7(17)9(13,14)15/h1-3,5H,(H,18,19,20)/p-1. The van der Waals surface area contributed by atoms with Crippen molar-refractivity contribution in [2.24, 2.45) is 10.9 Å². The van der Waals surface area contributed by atoms with Gasteiger partial charge in [0.25, 0.3) is 0 Å². The molecule has 0 heterocycles. The van der Waals surface area contributed by atoms with Crippen LogP contribution >= 0.6 is 0 Å². The molecule has 0 aromatic carbocycles. The second-order valence-electron chi connectivity index (χ2n) is 3.72. The molecule has 21 heavy (non-hydrogen) atoms. The molecule has 0 bridgehead atoms. The first kappa shape index (κ1) is 17.4. The number of carbonyl (C=O) groups is 1. The van der Waals surface area contributed by atoms with Gasteiger partial charge in [-0.1, -0.05) is 6.08 Å². The monoisotopic (exact) mass is 336 g/mol. The van der Waals surface area contributed by atoms with Gasteiger partial charge < -0.3 is 4.55 Å². The molecule has 0 aromatic heterocycles. The highest BCUT2D eigenvalue weighted by Crippen LogP contribution is 2.33. The smallest absolute Gasteiger partial charge is 0.473 e. The van der Waals surface area contributed by atoms with Crippen LogP contribution in [0.4, 0.5) is 26.3 Å². The van der Waals surface area contributed by atoms with Crippen molar-refractivity contribution < 1.29 is 44.1 Å². The van der Waals surface area contributed by atoms with E-state index >= 15 is 0 Å². The van der Waals surface area contributed by atoms with E-state index in [1.54, 1.807) is 0 Å². The maximum Gasteiger partial charge on any atom is 0.473 e. The van der Waals surface area contributed by atoms with E-state index in [0.717, 1.165) is 0 Å². The highest BCUT2D eigenvalue weighted by atomic mass is 32.2. The Morgan fingerprint density at radius 3 is 2.10 bits per heavy atom. The SMILES string of the molecule is O=C(N=C1C=C(S(=O)(=O)[O-])C=CC1C(F)(F)F)C(F)(F)F. The molecule has 1 aliphatic carbocycles. The number of carbonyl (C=O) groups excluding carboxylic acids is 1. The minimum Gasteiger partial charge on any atom is -0.744 e. The molecule has 0 aromatic rings. The molecule has 0 radical (unpaired) electrons. The molecule has 1 aliphatic rings. The van der Waals surface area contributed by atoms with Crippen molar-refractivity contribution in [1.82, 2.24) is 0 Å². The van der Waals surface area contributed by atoms with Crippen molar-refractivity contribution >= 4 is 21.7 Å². The summed E-state index contributed by atoms with van der Waals surface area (Å²) in [5.41, 5.74) is -1.53. The van der Waals surface area contributed by atoms with Gasteiger partial charge in [-0.15, -0.1) is 0 Å². The highest BCUT2D eigenvalue weighted by molar-refractivity contribution is 7.90. The first-order chi connectivity index (χ1) is 9.23. The first-order valence-corrected chi connectivity index (χ1v) is 6.26. The lowest BCUT2D eigenvalue weighted by atomic mass is 9.97. The summed E-state index contributed by atoms with van der Waals surface area (Å²) < 4.78 is 106. The van der Waals surface area contributed by atoms with Crippen molar-refractivity contribution in [2.75, 3.05) is 0 Å². The lowest BCUT2D eigenvalue weighted by Gasteiger charge is -2.22. The maximum absolute atomic E-state index is 12.6. The fraction of sp³-hybridized carbons (Fsp3) is 0.333. The van der Waals surface area contributed by atoms with E-state index in [-0.39, 0.29) is 18.2 Å². The van der Waals surface area contributed by atoms with Crippen LogP contribution in [-0.4, -0.2) is 36.9 Å². The molecule has 0 aliphatic heterocycles. The molecule has 1 unspecified atom stereocenters. The number of aliphatic imine (C=N–C) groups is 1. The molecule has 0 fully saturated rings. The Hall–Kier alpha value is -1.69. The van der Waals surface area contributed by atoms with E-state index < -0.39 is 44.9 Å². The third kappa shape index (κ3) is 4.39. The van der Waals surface area contributed by atoms with Crippen molar-refractivity contribution in [3.8, 4) is 0 Å². The predicted molar refractivity (Wildman–Crippen MR) is 55.0 cm³/mol. The fourth-order valence-corrected chi connectivity index (χ4v) is 1.80. The Labute approximate surface area is 113 Å². The molecular formula is C9H4F6NO4S-. The number of hydrogen-bond acceptors (Lipinski definition) is 4. The summed E-state index contributed by atoms with van der Waals surface area (Å²) in [6, 6.07) is 0. The summed E-state index contributed by atoms with van der Waals surface area (Å²) in [7, 11) is -5.22. The maximum atomic E-state index is 12.6. The number of allylic oxidation sites excluding steroid dienone is 3. The molecule has 1 atom stereocenters. The van der Waals surface area contributed by atoms with E-state index in [1.807, 2.05) is 0 Å². The summed E-state index contributed by atoms with van der Waals surface area (Å²) >= 11 is 0. The van der Waals surface area contributed by atoms with E-state index in [2.05, 4.69) is 4.99 Å². The summed E-state index contributed by atoms with van der Waals surface area (Å²) in [5.74, 6) is -5.57. The number of nitrogens with zero attached hydrogens (tertiary/aromatic N) is 1. The Kier molecular flexibility index (Phi) is 4.34. The van der Waals surface area contributed by atoms with Gasteiger partial charge in [-0.3, -0.25) is 4.79 Å². The second kappa shape index (κ2) is 5.26. The molecule has 0 spiro atoms. The largest absolute Gasteiger partial charge is 0.744 e. The number of hydrogen-bond donors (Lipinski definition) is 0. The minimum absolute atomic E-state index is 0.00979. The summed E-state index contributed by atoms with van der Waals surface area (Å²) in [5, 5.41) is 0. The van der Waals surface area contributed by atoms with Gasteiger partial charge in [0.2, 0.25) is 0 Å². The molecular weight excluding hydrogens is 332 g/mol. The van der Waals surface area contributed by atoms with Gasteiger partial charge in [0, 0.05) is 0 Å². The summed E-state index contributed by atoms with van der Waals surface area (Å²) in [6.07, 6.45) is -10.2. The van der Waals surface area contributed by atoms with Gasteiger partial charge in [-0.05, 0) is 12.2 Å². The Balaban J connectivity index is 3.38. The predicted octanol–water partition coefficient (Wildman–Crippen LogP) is 1.69. The third-order valence-corrected chi connectivity index (χ3v) is 3.01. The first-order valence-electron chi connectivity index (χ1n) is 4.85. The van der Waals surface area contributed by atoms with Crippen LogP contribution in [-0.2, 0) is 14.9 Å². The molecule has 0 saturated heterocycles. The Morgan fingerprint density at radius 2 is 1.71 bits per heavy atom. The average Bonchev–Trinajstić information content (AvgIpc) is 2.24. The lowest BCUT2D eigenvalue weighted by Crippen LogP contribution is -2.32. The normalized spacial score (nSPS) is 22.3. The molecule has 1 amide bonds. The van der Waals surface area contributed by atoms with Crippen molar-refractivity contribution in [3.05, 3.63) is 23.1 Å². The van der Waals surface area contributed by atoms with Gasteiger partial charge in [-0.25, -0.2) is 13.4 Å². The average molecular weight is 336 g/mol. The van der Waals surface area contributed by atoms with Crippen molar-refractivity contribution in [2.45, 2.75) is 12.4 Å². The van der Waals surface area contributed by atoms with Gasteiger partial charge in [-0.2, -0.15) is 26.3 Å². The Morgan fingerprint density at radius 1 is 1.19 bits per heavy atom. The van der Waals surface area contributed by atoms with E-state index in [1.165, 1.54) is 0 Å². The Bertz CT molecular complexity index is 640. The van der Waals surface area contributed by atoms with Crippen LogP contribution < -0.4 is 0 Å². The van der Waals surface area contributed by atoms with E-state index in [4.69, 9.17) is 0 Å². The van der Waals surface area contributed by atoms with Gasteiger partial charge in [0.05, 0.1) is 10.6 Å². The number of amides is 1. The molecule has 12 heteroatoms. The highest BCUT2D eigenvalue weighted by Gasteiger charge is 2.45. The quantitative estimate of drug-likeness (QED) is 0.539. The van der Waals surface area contributed by atoms with Gasteiger partial charge in [0.1, 0.15) is 16.0 Å². The van der Waals surface area contributed by atoms with Crippen LogP contribution in [0, 0.1) is 5.92 Å². The molecule has 118 valence electrons. The van der Waals surface area contributed by atoms with Crippen LogP contribution in [0.3, 0.4) is 0 Å². The van der Waals surface area contributed by atoms with E-state index in [9.17, 15) is 44.1 Å². The van der Waals surface area contributed by atoms with Crippen LogP contribution in [0.25, 0.3) is 0 Å². The molecule has 5 nitrogen and oxygen atoms in total. The van der Waals surface area contributed by atoms with Crippen molar-refractivity contribution in [1.29, 1.82) is 0 Å². The fourth-order valence-electron chi connectivity index (χ4n) is 1.29. The molecule has 0 N–H and O–H groups in total. The number of halogens is 6. The zero-order valence-electron chi connectivity index (χ0n) is 9.57. The van der Waals surface area contributed by atoms with Crippen molar-refractivity contribution in [3.63, 3.8) is 0 Å². The summed E-state index contributed by atoms with van der Waals surface area (Å²) in [6.45, 7) is 0. The minimum atomic E-state index is -5.53. The third-order valence-electron chi connectivity index (χ3n) is 2.18. The summed E-state index contributed by atoms with van der Waals surface area (Å²) in [4.78, 5) is 11.6. The van der Waals surface area contributed by atoms with Crippen LogP contribution in [0.5, 0.6) is 0 Å². The van der Waals surface area contributed by atoms with Gasteiger partial charge >= 0.3 is 18.3 Å². The topological polar surface area (TPSA) is 86.6 Å². The second-order valence-corrected chi connectivity index (χ2v) is 5.10. The zero-order chi connectivity index (χ0) is 16.6. The van der Waals surface area contributed by atoms with E-state index in [0.29, 0.717) is 0 Å². The molecule has 0 saturated carbocycles. The zero-order valence-corrected chi connectivity index (χ0v) is 10.4. The van der Waals surface area contributed by atoms with Gasteiger partial charge in [0.15, 0.2) is 0 Å².